The molecule has 0 aliphatic heterocycles. The van der Waals surface area contributed by atoms with Crippen molar-refractivity contribution in [3.8, 4) is 11.5 Å². The number of phenolic OH excluding ortho intramolecular Hbond substituents is 2. The quantitative estimate of drug-likeness (QED) is 0.551. The number of benzene rings is 2. The summed E-state index contributed by atoms with van der Waals surface area (Å²) < 4.78 is 0. The van der Waals surface area contributed by atoms with E-state index in [1.807, 2.05) is 0 Å². The lowest BCUT2D eigenvalue weighted by Crippen LogP contribution is -1.95. The van der Waals surface area contributed by atoms with Gasteiger partial charge >= 0.3 is 0 Å². The fourth-order valence-electron chi connectivity index (χ4n) is 1.75. The monoisotopic (exact) mass is 404 g/mol. The highest BCUT2D eigenvalue weighted by molar-refractivity contribution is 6.49. The van der Waals surface area contributed by atoms with Crippen LogP contribution in [0.3, 0.4) is 0 Å². The summed E-state index contributed by atoms with van der Waals surface area (Å²) in [6, 6.07) is 2.52. The Morgan fingerprint density at radius 2 is 0.952 bits per heavy atom. The minimum Gasteiger partial charge on any atom is -0.508 e. The largest absolute Gasteiger partial charge is 0.508 e. The van der Waals surface area contributed by atoms with E-state index in [2.05, 4.69) is 0 Å². The molecule has 0 spiro atoms. The van der Waals surface area contributed by atoms with E-state index >= 15 is 0 Å². The van der Waals surface area contributed by atoms with E-state index in [-0.39, 0.29) is 59.2 Å². The lowest BCUT2D eigenvalue weighted by atomic mass is 10.0. The third-order valence-electron chi connectivity index (χ3n) is 2.83. The average Bonchev–Trinajstić information content (AvgIpc) is 2.42. The Labute approximate surface area is 150 Å². The first-order chi connectivity index (χ1) is 9.73. The van der Waals surface area contributed by atoms with Gasteiger partial charge < -0.3 is 10.2 Å². The molecule has 0 amide bonds. The molecule has 0 unspecified atom stereocenters. The third kappa shape index (κ3) is 3.26. The summed E-state index contributed by atoms with van der Waals surface area (Å²) in [6.07, 6.45) is 0.00309. The normalized spacial score (nSPS) is 11.0. The zero-order chi connectivity index (χ0) is 15.9. The third-order valence-corrected chi connectivity index (χ3v) is 5.44. The van der Waals surface area contributed by atoms with Crippen LogP contribution in [0.15, 0.2) is 12.1 Å². The van der Waals surface area contributed by atoms with Gasteiger partial charge in [0.15, 0.2) is 0 Å². The highest BCUT2D eigenvalue weighted by Gasteiger charge is 2.20. The summed E-state index contributed by atoms with van der Waals surface area (Å²) in [6.45, 7) is 0. The van der Waals surface area contributed by atoms with Crippen molar-refractivity contribution in [1.29, 1.82) is 0 Å². The Morgan fingerprint density at radius 1 is 0.619 bits per heavy atom. The molecule has 2 N–H and O–H groups in total. The van der Waals surface area contributed by atoms with Crippen LogP contribution >= 0.6 is 69.6 Å². The van der Waals surface area contributed by atoms with Gasteiger partial charge in [-0.1, -0.05) is 69.6 Å². The molecule has 8 heteroatoms. The van der Waals surface area contributed by atoms with Crippen molar-refractivity contribution in [3.63, 3.8) is 0 Å². The maximum absolute atomic E-state index is 9.95. The first-order valence-electron chi connectivity index (χ1n) is 5.44. The van der Waals surface area contributed by atoms with Crippen molar-refractivity contribution >= 4 is 69.6 Å². The number of phenols is 2. The Bertz CT molecular complexity index is 668. The molecular weight excluding hydrogens is 401 g/mol. The van der Waals surface area contributed by atoms with Gasteiger partial charge in [0, 0.05) is 29.7 Å². The second-order valence-electron chi connectivity index (χ2n) is 4.14. The van der Waals surface area contributed by atoms with Gasteiger partial charge in [0.2, 0.25) is 0 Å². The molecule has 0 fully saturated rings. The SMILES string of the molecule is Oc1cc(Cl)c(Cl)c(Cl)c1Cc1c(O)cc(Cl)c(Cl)c1Cl. The van der Waals surface area contributed by atoms with Gasteiger partial charge in [-0.25, -0.2) is 0 Å². The van der Waals surface area contributed by atoms with Gasteiger partial charge in [-0.05, 0) is 0 Å². The van der Waals surface area contributed by atoms with E-state index in [9.17, 15) is 10.2 Å². The van der Waals surface area contributed by atoms with E-state index in [0.29, 0.717) is 0 Å². The standard InChI is InChI=1S/C13H6Cl6O2/c14-6-2-8(20)4(10(16)12(6)18)1-5-9(21)3-7(15)13(19)11(5)17/h2-3,20-21H,1H2. The lowest BCUT2D eigenvalue weighted by Gasteiger charge is -2.13. The fraction of sp³-hybridized carbons (Fsp3) is 0.0769. The summed E-state index contributed by atoms with van der Waals surface area (Å²) in [7, 11) is 0. The summed E-state index contributed by atoms with van der Waals surface area (Å²) in [5.74, 6) is -0.341. The molecule has 0 saturated carbocycles. The molecule has 0 heterocycles. The zero-order valence-electron chi connectivity index (χ0n) is 10.0. The summed E-state index contributed by atoms with van der Waals surface area (Å²) in [5.41, 5.74) is 0.531. The molecular formula is C13H6Cl6O2. The predicted molar refractivity (Wildman–Crippen MR) is 89.1 cm³/mol. The molecule has 0 bridgehead atoms. The predicted octanol–water partition coefficient (Wildman–Crippen LogP) is 6.61. The molecule has 21 heavy (non-hydrogen) atoms. The van der Waals surface area contributed by atoms with Gasteiger partial charge in [0.25, 0.3) is 0 Å². The number of aromatic hydroxyl groups is 2. The van der Waals surface area contributed by atoms with E-state index < -0.39 is 0 Å². The molecule has 2 nitrogen and oxygen atoms in total. The summed E-state index contributed by atoms with van der Waals surface area (Å²) in [4.78, 5) is 0. The second kappa shape index (κ2) is 6.49. The maximum atomic E-state index is 9.95. The van der Waals surface area contributed by atoms with E-state index in [0.717, 1.165) is 0 Å². The zero-order valence-corrected chi connectivity index (χ0v) is 14.6. The minimum atomic E-state index is -0.170. The van der Waals surface area contributed by atoms with E-state index in [4.69, 9.17) is 69.6 Å². The molecule has 112 valence electrons. The topological polar surface area (TPSA) is 40.5 Å². The van der Waals surface area contributed by atoms with Gasteiger partial charge in [-0.15, -0.1) is 0 Å². The van der Waals surface area contributed by atoms with Crippen LogP contribution in [-0.4, -0.2) is 10.2 Å². The van der Waals surface area contributed by atoms with Crippen molar-refractivity contribution in [2.75, 3.05) is 0 Å². The highest BCUT2D eigenvalue weighted by atomic mass is 35.5. The van der Waals surface area contributed by atoms with Crippen LogP contribution < -0.4 is 0 Å². The van der Waals surface area contributed by atoms with Crippen molar-refractivity contribution in [2.45, 2.75) is 6.42 Å². The molecule has 0 aromatic heterocycles. The maximum Gasteiger partial charge on any atom is 0.122 e. The van der Waals surface area contributed by atoms with Gasteiger partial charge in [0.1, 0.15) is 11.5 Å². The van der Waals surface area contributed by atoms with Crippen LogP contribution in [0, 0.1) is 0 Å². The van der Waals surface area contributed by atoms with Gasteiger partial charge in [-0.3, -0.25) is 0 Å². The Morgan fingerprint density at radius 3 is 1.29 bits per heavy atom. The first kappa shape index (κ1) is 17.1. The summed E-state index contributed by atoms with van der Waals surface area (Å²) in [5, 5.41) is 20.5. The number of hydrogen-bond donors (Lipinski definition) is 2. The fourth-order valence-corrected chi connectivity index (χ4v) is 3.11. The van der Waals surface area contributed by atoms with E-state index in [1.165, 1.54) is 12.1 Å². The van der Waals surface area contributed by atoms with E-state index in [1.54, 1.807) is 0 Å². The van der Waals surface area contributed by atoms with Gasteiger partial charge in [-0.2, -0.15) is 0 Å². The van der Waals surface area contributed by atoms with Crippen LogP contribution in [0.5, 0.6) is 11.5 Å². The molecule has 0 radical (unpaired) electrons. The van der Waals surface area contributed by atoms with Crippen molar-refractivity contribution < 1.29 is 10.2 Å². The van der Waals surface area contributed by atoms with Crippen LogP contribution in [0.25, 0.3) is 0 Å². The molecule has 0 aliphatic rings. The van der Waals surface area contributed by atoms with Crippen molar-refractivity contribution in [2.24, 2.45) is 0 Å². The smallest absolute Gasteiger partial charge is 0.122 e. The minimum absolute atomic E-state index is 0.00309. The average molecular weight is 407 g/mol. The van der Waals surface area contributed by atoms with Crippen LogP contribution in [0.2, 0.25) is 30.1 Å². The van der Waals surface area contributed by atoms with Crippen LogP contribution in [-0.2, 0) is 6.42 Å². The molecule has 0 aliphatic carbocycles. The highest BCUT2D eigenvalue weighted by Crippen LogP contribution is 2.44. The molecule has 2 aromatic rings. The van der Waals surface area contributed by atoms with Crippen LogP contribution in [0.4, 0.5) is 0 Å². The number of rotatable bonds is 2. The Kier molecular flexibility index (Phi) is 5.30. The molecule has 2 rings (SSSR count). The number of halogens is 6. The Balaban J connectivity index is 2.59. The lowest BCUT2D eigenvalue weighted by molar-refractivity contribution is 0.463. The second-order valence-corrected chi connectivity index (χ2v) is 6.47. The van der Waals surface area contributed by atoms with Crippen molar-refractivity contribution in [1.82, 2.24) is 0 Å². The molecule has 0 saturated heterocycles. The van der Waals surface area contributed by atoms with Crippen LogP contribution in [0.1, 0.15) is 11.1 Å². The Hall–Kier alpha value is -0.220. The summed E-state index contributed by atoms with van der Waals surface area (Å²) >= 11 is 35.6. The van der Waals surface area contributed by atoms with Crippen molar-refractivity contribution in [3.05, 3.63) is 53.4 Å². The van der Waals surface area contributed by atoms with Gasteiger partial charge in [0.05, 0.1) is 30.1 Å². The first-order valence-corrected chi connectivity index (χ1v) is 7.71. The molecule has 0 atom stereocenters. The molecule has 2 aromatic carbocycles. The number of hydrogen-bond acceptors (Lipinski definition) is 2.